The quantitative estimate of drug-likeness (QED) is 0.539. The first-order valence-electron chi connectivity index (χ1n) is 6.44. The molecule has 3 rings (SSSR count). The summed E-state index contributed by atoms with van der Waals surface area (Å²) in [4.78, 5) is 14.4. The maximum atomic E-state index is 10.9. The standard InChI is InChI=1S/C16H12N2O3/c19-18(20)15-9-4-10-17-16(15)21-11-13-7-3-6-12-5-1-2-8-14(12)13/h1-10H,11H2. The summed E-state index contributed by atoms with van der Waals surface area (Å²) in [6, 6.07) is 16.7. The highest BCUT2D eigenvalue weighted by Crippen LogP contribution is 2.25. The number of nitro groups is 1. The lowest BCUT2D eigenvalue weighted by Crippen LogP contribution is -2.01. The molecule has 21 heavy (non-hydrogen) atoms. The van der Waals surface area contributed by atoms with Crippen LogP contribution in [0.25, 0.3) is 10.8 Å². The molecule has 0 bridgehead atoms. The predicted octanol–water partition coefficient (Wildman–Crippen LogP) is 3.72. The maximum Gasteiger partial charge on any atom is 0.330 e. The smallest absolute Gasteiger partial charge is 0.330 e. The summed E-state index contributed by atoms with van der Waals surface area (Å²) in [6.45, 7) is 0.235. The third-order valence-electron chi connectivity index (χ3n) is 3.19. The van der Waals surface area contributed by atoms with Gasteiger partial charge in [0.2, 0.25) is 0 Å². The summed E-state index contributed by atoms with van der Waals surface area (Å²) < 4.78 is 5.54. The Bertz CT molecular complexity index is 797. The fourth-order valence-corrected chi connectivity index (χ4v) is 2.20. The van der Waals surface area contributed by atoms with E-state index in [2.05, 4.69) is 4.98 Å². The van der Waals surface area contributed by atoms with Gasteiger partial charge in [-0.2, -0.15) is 0 Å². The Balaban J connectivity index is 1.89. The van der Waals surface area contributed by atoms with E-state index in [1.165, 1.54) is 18.3 Å². The lowest BCUT2D eigenvalue weighted by Gasteiger charge is -2.08. The Morgan fingerprint density at radius 3 is 2.71 bits per heavy atom. The molecule has 104 valence electrons. The molecule has 0 radical (unpaired) electrons. The van der Waals surface area contributed by atoms with Crippen molar-refractivity contribution in [1.82, 2.24) is 4.98 Å². The Morgan fingerprint density at radius 2 is 1.86 bits per heavy atom. The van der Waals surface area contributed by atoms with E-state index in [-0.39, 0.29) is 18.2 Å². The zero-order valence-electron chi connectivity index (χ0n) is 11.1. The second kappa shape index (κ2) is 5.58. The highest BCUT2D eigenvalue weighted by Gasteiger charge is 2.15. The molecular formula is C16H12N2O3. The van der Waals surface area contributed by atoms with Gasteiger partial charge >= 0.3 is 5.69 Å². The largest absolute Gasteiger partial charge is 0.468 e. The predicted molar refractivity (Wildman–Crippen MR) is 79.2 cm³/mol. The van der Waals surface area contributed by atoms with Crippen LogP contribution in [0.2, 0.25) is 0 Å². The third kappa shape index (κ3) is 2.67. The monoisotopic (exact) mass is 280 g/mol. The molecule has 0 unspecified atom stereocenters. The van der Waals surface area contributed by atoms with Crippen LogP contribution in [0, 0.1) is 10.1 Å². The van der Waals surface area contributed by atoms with Crippen molar-refractivity contribution in [2.24, 2.45) is 0 Å². The number of nitrogens with zero attached hydrogens (tertiary/aromatic N) is 2. The van der Waals surface area contributed by atoms with Gasteiger partial charge in [0.25, 0.3) is 5.88 Å². The van der Waals surface area contributed by atoms with Crippen LogP contribution in [-0.4, -0.2) is 9.91 Å². The van der Waals surface area contributed by atoms with Gasteiger partial charge in [-0.3, -0.25) is 10.1 Å². The molecule has 0 fully saturated rings. The number of pyridine rings is 1. The fraction of sp³-hybridized carbons (Fsp3) is 0.0625. The Hall–Kier alpha value is -2.95. The van der Waals surface area contributed by atoms with Gasteiger partial charge < -0.3 is 4.74 Å². The van der Waals surface area contributed by atoms with E-state index < -0.39 is 4.92 Å². The van der Waals surface area contributed by atoms with Crippen molar-refractivity contribution in [2.45, 2.75) is 6.61 Å². The van der Waals surface area contributed by atoms with Crippen LogP contribution in [0.5, 0.6) is 5.88 Å². The Morgan fingerprint density at radius 1 is 1.05 bits per heavy atom. The van der Waals surface area contributed by atoms with Crippen LogP contribution >= 0.6 is 0 Å². The number of hydrogen-bond acceptors (Lipinski definition) is 4. The van der Waals surface area contributed by atoms with Crippen molar-refractivity contribution in [3.05, 3.63) is 76.5 Å². The minimum atomic E-state index is -0.495. The molecule has 0 spiro atoms. The third-order valence-corrected chi connectivity index (χ3v) is 3.19. The van der Waals surface area contributed by atoms with E-state index >= 15 is 0 Å². The van der Waals surface area contributed by atoms with Crippen molar-refractivity contribution in [1.29, 1.82) is 0 Å². The van der Waals surface area contributed by atoms with Gasteiger partial charge in [0, 0.05) is 12.3 Å². The first-order valence-corrected chi connectivity index (χ1v) is 6.44. The van der Waals surface area contributed by atoms with Gasteiger partial charge in [0.05, 0.1) is 4.92 Å². The zero-order chi connectivity index (χ0) is 14.7. The second-order valence-corrected chi connectivity index (χ2v) is 4.51. The summed E-state index contributed by atoms with van der Waals surface area (Å²) in [7, 11) is 0. The Labute approximate surface area is 121 Å². The van der Waals surface area contributed by atoms with Gasteiger partial charge in [-0.1, -0.05) is 42.5 Å². The van der Waals surface area contributed by atoms with Gasteiger partial charge in [-0.15, -0.1) is 0 Å². The van der Waals surface area contributed by atoms with Crippen LogP contribution in [0.3, 0.4) is 0 Å². The molecule has 0 saturated heterocycles. The van der Waals surface area contributed by atoms with Crippen molar-refractivity contribution in [2.75, 3.05) is 0 Å². The molecule has 1 aromatic heterocycles. The van der Waals surface area contributed by atoms with Crippen LogP contribution in [0.4, 0.5) is 5.69 Å². The van der Waals surface area contributed by atoms with Gasteiger partial charge in [-0.25, -0.2) is 4.98 Å². The molecule has 0 saturated carbocycles. The van der Waals surface area contributed by atoms with E-state index in [9.17, 15) is 10.1 Å². The molecule has 0 amide bonds. The molecule has 0 N–H and O–H groups in total. The maximum absolute atomic E-state index is 10.9. The topological polar surface area (TPSA) is 65.3 Å². The van der Waals surface area contributed by atoms with E-state index in [1.807, 2.05) is 42.5 Å². The fourth-order valence-electron chi connectivity index (χ4n) is 2.20. The number of ether oxygens (including phenoxy) is 1. The van der Waals surface area contributed by atoms with Crippen molar-refractivity contribution in [3.8, 4) is 5.88 Å². The summed E-state index contributed by atoms with van der Waals surface area (Å²) in [6.07, 6.45) is 1.48. The van der Waals surface area contributed by atoms with Crippen molar-refractivity contribution in [3.63, 3.8) is 0 Å². The van der Waals surface area contributed by atoms with Crippen LogP contribution in [-0.2, 0) is 6.61 Å². The van der Waals surface area contributed by atoms with Gasteiger partial charge in [0.15, 0.2) is 0 Å². The average Bonchev–Trinajstić information content (AvgIpc) is 2.53. The van der Waals surface area contributed by atoms with E-state index in [4.69, 9.17) is 4.74 Å². The first-order chi connectivity index (χ1) is 10.3. The molecule has 1 heterocycles. The zero-order valence-corrected chi connectivity index (χ0v) is 11.1. The summed E-state index contributed by atoms with van der Waals surface area (Å²) in [5.74, 6) is 0.0374. The number of hydrogen-bond donors (Lipinski definition) is 0. The summed E-state index contributed by atoms with van der Waals surface area (Å²) in [5.41, 5.74) is 0.839. The molecule has 0 aliphatic heterocycles. The summed E-state index contributed by atoms with van der Waals surface area (Å²) >= 11 is 0. The first kappa shape index (κ1) is 13.1. The SMILES string of the molecule is O=[N+]([O-])c1cccnc1OCc1cccc2ccccc12. The molecule has 0 aliphatic carbocycles. The number of rotatable bonds is 4. The average molecular weight is 280 g/mol. The van der Waals surface area contributed by atoms with E-state index in [1.54, 1.807) is 0 Å². The van der Waals surface area contributed by atoms with E-state index in [0.29, 0.717) is 0 Å². The van der Waals surface area contributed by atoms with Crippen molar-refractivity contribution >= 4 is 16.5 Å². The molecule has 5 nitrogen and oxygen atoms in total. The molecule has 3 aromatic rings. The normalized spacial score (nSPS) is 10.5. The van der Waals surface area contributed by atoms with Crippen molar-refractivity contribution < 1.29 is 9.66 Å². The van der Waals surface area contributed by atoms with Crippen LogP contribution in [0.15, 0.2) is 60.8 Å². The van der Waals surface area contributed by atoms with Gasteiger partial charge in [-0.05, 0) is 22.4 Å². The van der Waals surface area contributed by atoms with Crippen LogP contribution in [0.1, 0.15) is 5.56 Å². The van der Waals surface area contributed by atoms with Crippen LogP contribution < -0.4 is 4.74 Å². The molecule has 0 atom stereocenters. The highest BCUT2D eigenvalue weighted by atomic mass is 16.6. The number of benzene rings is 2. The molecule has 0 aliphatic rings. The lowest BCUT2D eigenvalue weighted by molar-refractivity contribution is -0.386. The number of fused-ring (bicyclic) bond motifs is 1. The number of aromatic nitrogens is 1. The minimum Gasteiger partial charge on any atom is -0.468 e. The Kier molecular flexibility index (Phi) is 3.47. The second-order valence-electron chi connectivity index (χ2n) is 4.51. The molecule has 2 aromatic carbocycles. The van der Waals surface area contributed by atoms with E-state index in [0.717, 1.165) is 16.3 Å². The van der Waals surface area contributed by atoms with Gasteiger partial charge in [0.1, 0.15) is 6.61 Å². The lowest BCUT2D eigenvalue weighted by atomic mass is 10.1. The summed E-state index contributed by atoms with van der Waals surface area (Å²) in [5, 5.41) is 13.1. The highest BCUT2D eigenvalue weighted by molar-refractivity contribution is 5.85. The molecule has 5 heteroatoms. The minimum absolute atomic E-state index is 0.0374. The molecular weight excluding hydrogens is 268 g/mol.